The first kappa shape index (κ1) is 12.2. The van der Waals surface area contributed by atoms with Crippen LogP contribution in [0.2, 0.25) is 0 Å². The van der Waals surface area contributed by atoms with Crippen molar-refractivity contribution < 1.29 is 0 Å². The highest BCUT2D eigenvalue weighted by Crippen LogP contribution is 2.02. The summed E-state index contributed by atoms with van der Waals surface area (Å²) in [5, 5.41) is 0. The van der Waals surface area contributed by atoms with Crippen molar-refractivity contribution in [3.05, 3.63) is 35.9 Å². The third-order valence-corrected chi connectivity index (χ3v) is 2.33. The lowest BCUT2D eigenvalue weighted by molar-refractivity contribution is 0.544. The van der Waals surface area contributed by atoms with Crippen LogP contribution in [0.25, 0.3) is 0 Å². The summed E-state index contributed by atoms with van der Waals surface area (Å²) in [5.74, 6) is 0.935. The molecule has 74 valence electrons. The summed E-state index contributed by atoms with van der Waals surface area (Å²) in [7, 11) is 0. The number of aryl methyl sites for hydroxylation is 1. The second kappa shape index (κ2) is 7.85. The molecule has 0 aromatic heterocycles. The Bertz CT molecular complexity index is 184. The average molecular weight is 178 g/mol. The maximum Gasteiger partial charge on any atom is -0.0398 e. The normalized spacial score (nSPS) is 9.31. The highest BCUT2D eigenvalue weighted by Gasteiger charge is 1.88. The lowest BCUT2D eigenvalue weighted by atomic mass is 10.1. The maximum absolute atomic E-state index is 2.28. The predicted molar refractivity (Wildman–Crippen MR) is 60.9 cm³/mol. The van der Waals surface area contributed by atoms with Gasteiger partial charge in [0.15, 0.2) is 0 Å². The molecule has 0 aliphatic carbocycles. The van der Waals surface area contributed by atoms with E-state index in [9.17, 15) is 0 Å². The van der Waals surface area contributed by atoms with Crippen molar-refractivity contribution in [1.29, 1.82) is 0 Å². The van der Waals surface area contributed by atoms with Crippen LogP contribution in [0.1, 0.15) is 39.2 Å². The smallest absolute Gasteiger partial charge is 0.0398 e. The van der Waals surface area contributed by atoms with Crippen LogP contribution in [-0.4, -0.2) is 0 Å². The molecular formula is C13H22. The summed E-state index contributed by atoms with van der Waals surface area (Å²) in [6.45, 7) is 8.82. The maximum atomic E-state index is 2.28. The zero-order valence-electron chi connectivity index (χ0n) is 9.38. The molecule has 0 unspecified atom stereocenters. The highest BCUT2D eigenvalue weighted by atomic mass is 13.9. The van der Waals surface area contributed by atoms with Crippen LogP contribution in [-0.2, 0) is 0 Å². The Morgan fingerprint density at radius 3 is 1.62 bits per heavy atom. The van der Waals surface area contributed by atoms with Gasteiger partial charge in [-0.15, -0.1) is 0 Å². The van der Waals surface area contributed by atoms with Crippen molar-refractivity contribution in [2.45, 2.75) is 40.5 Å². The third-order valence-electron chi connectivity index (χ3n) is 2.33. The zero-order valence-corrected chi connectivity index (χ0v) is 9.38. The lowest BCUT2D eigenvalue weighted by Crippen LogP contribution is -1.85. The molecule has 0 aliphatic heterocycles. The summed E-state index contributed by atoms with van der Waals surface area (Å²) in [5.41, 5.74) is 1.32. The van der Waals surface area contributed by atoms with E-state index in [0.717, 1.165) is 5.92 Å². The zero-order chi connectivity index (χ0) is 10.1. The van der Waals surface area contributed by atoms with Gasteiger partial charge in [0.1, 0.15) is 0 Å². The average Bonchev–Trinajstić information content (AvgIpc) is 2.19. The van der Waals surface area contributed by atoms with Gasteiger partial charge in [-0.2, -0.15) is 0 Å². The van der Waals surface area contributed by atoms with Crippen molar-refractivity contribution in [2.75, 3.05) is 0 Å². The van der Waals surface area contributed by atoms with E-state index >= 15 is 0 Å². The highest BCUT2D eigenvalue weighted by molar-refractivity contribution is 5.11. The minimum atomic E-state index is 0.935. The standard InChI is InChI=1S/C7H8.C6H14/c1-7-5-3-2-4-6-7;1-4-6(3)5-2/h2-6H,1H3;6H,4-5H2,1-3H3. The van der Waals surface area contributed by atoms with Crippen LogP contribution >= 0.6 is 0 Å². The number of rotatable bonds is 2. The van der Waals surface area contributed by atoms with Gasteiger partial charge in [0.25, 0.3) is 0 Å². The molecule has 0 saturated carbocycles. The van der Waals surface area contributed by atoms with Gasteiger partial charge in [0, 0.05) is 0 Å². The van der Waals surface area contributed by atoms with Gasteiger partial charge in [0.2, 0.25) is 0 Å². The third kappa shape index (κ3) is 7.58. The van der Waals surface area contributed by atoms with Crippen LogP contribution in [0.15, 0.2) is 30.3 Å². The van der Waals surface area contributed by atoms with Gasteiger partial charge < -0.3 is 0 Å². The summed E-state index contributed by atoms with van der Waals surface area (Å²) >= 11 is 0. The predicted octanol–water partition coefficient (Wildman–Crippen LogP) is 4.44. The summed E-state index contributed by atoms with van der Waals surface area (Å²) < 4.78 is 0. The Balaban J connectivity index is 0.000000226. The molecule has 0 bridgehead atoms. The lowest BCUT2D eigenvalue weighted by Gasteiger charge is -1.98. The fourth-order valence-electron chi connectivity index (χ4n) is 0.823. The van der Waals surface area contributed by atoms with Gasteiger partial charge in [0.05, 0.1) is 0 Å². The molecule has 0 heterocycles. The molecule has 0 aliphatic rings. The molecule has 1 rings (SSSR count). The number of hydrogen-bond donors (Lipinski definition) is 0. The first-order chi connectivity index (χ1) is 6.20. The molecule has 1 aromatic carbocycles. The molecule has 1 aromatic rings. The van der Waals surface area contributed by atoms with Crippen LogP contribution < -0.4 is 0 Å². The second-order valence-corrected chi connectivity index (χ2v) is 3.58. The fraction of sp³-hybridized carbons (Fsp3) is 0.538. The van der Waals surface area contributed by atoms with E-state index < -0.39 is 0 Å². The van der Waals surface area contributed by atoms with Crippen molar-refractivity contribution in [1.82, 2.24) is 0 Å². The van der Waals surface area contributed by atoms with Crippen LogP contribution in [0.3, 0.4) is 0 Å². The van der Waals surface area contributed by atoms with E-state index in [1.165, 1.54) is 18.4 Å². The monoisotopic (exact) mass is 178 g/mol. The Kier molecular flexibility index (Phi) is 7.38. The van der Waals surface area contributed by atoms with Crippen molar-refractivity contribution in [3.63, 3.8) is 0 Å². The molecule has 0 spiro atoms. The van der Waals surface area contributed by atoms with Crippen LogP contribution in [0.5, 0.6) is 0 Å². The topological polar surface area (TPSA) is 0 Å². The van der Waals surface area contributed by atoms with Gasteiger partial charge >= 0.3 is 0 Å². The van der Waals surface area contributed by atoms with E-state index in [1.54, 1.807) is 0 Å². The quantitative estimate of drug-likeness (QED) is 0.628. The molecule has 0 nitrogen and oxygen atoms in total. The number of benzene rings is 1. The Hall–Kier alpha value is -0.780. The summed E-state index contributed by atoms with van der Waals surface area (Å²) in [4.78, 5) is 0. The second-order valence-electron chi connectivity index (χ2n) is 3.58. The Morgan fingerprint density at radius 1 is 1.00 bits per heavy atom. The van der Waals surface area contributed by atoms with Gasteiger partial charge in [-0.05, 0) is 12.8 Å². The summed E-state index contributed by atoms with van der Waals surface area (Å²) in [6.07, 6.45) is 2.66. The number of hydrogen-bond acceptors (Lipinski definition) is 0. The molecule has 0 saturated heterocycles. The van der Waals surface area contributed by atoms with Gasteiger partial charge in [-0.1, -0.05) is 69.5 Å². The first-order valence-electron chi connectivity index (χ1n) is 5.22. The van der Waals surface area contributed by atoms with Crippen LogP contribution in [0.4, 0.5) is 0 Å². The van der Waals surface area contributed by atoms with E-state index in [0.29, 0.717) is 0 Å². The van der Waals surface area contributed by atoms with E-state index in [2.05, 4.69) is 39.8 Å². The van der Waals surface area contributed by atoms with E-state index in [-0.39, 0.29) is 0 Å². The van der Waals surface area contributed by atoms with Gasteiger partial charge in [-0.25, -0.2) is 0 Å². The largest absolute Gasteiger partial charge is 0.0651 e. The molecule has 13 heavy (non-hydrogen) atoms. The molecule has 0 fully saturated rings. The molecule has 0 radical (unpaired) electrons. The molecular weight excluding hydrogens is 156 g/mol. The van der Waals surface area contributed by atoms with E-state index in [1.807, 2.05) is 18.2 Å². The summed E-state index contributed by atoms with van der Waals surface area (Å²) in [6, 6.07) is 10.3. The Labute approximate surface area is 83.0 Å². The minimum absolute atomic E-state index is 0.935. The fourth-order valence-corrected chi connectivity index (χ4v) is 0.823. The van der Waals surface area contributed by atoms with Gasteiger partial charge in [-0.3, -0.25) is 0 Å². The first-order valence-corrected chi connectivity index (χ1v) is 5.22. The molecule has 0 N–H and O–H groups in total. The SMILES string of the molecule is CCC(C)CC.Cc1ccccc1. The molecule has 0 heteroatoms. The Morgan fingerprint density at radius 2 is 1.46 bits per heavy atom. The molecule has 0 amide bonds. The minimum Gasteiger partial charge on any atom is -0.0651 e. The van der Waals surface area contributed by atoms with Crippen molar-refractivity contribution in [3.8, 4) is 0 Å². The van der Waals surface area contributed by atoms with Crippen molar-refractivity contribution >= 4 is 0 Å². The van der Waals surface area contributed by atoms with E-state index in [4.69, 9.17) is 0 Å². The molecule has 0 atom stereocenters. The van der Waals surface area contributed by atoms with Crippen LogP contribution in [0, 0.1) is 12.8 Å². The van der Waals surface area contributed by atoms with Crippen molar-refractivity contribution in [2.24, 2.45) is 5.92 Å².